The first-order chi connectivity index (χ1) is 10.6. The van der Waals surface area contributed by atoms with Gasteiger partial charge in [0.2, 0.25) is 0 Å². The van der Waals surface area contributed by atoms with Gasteiger partial charge in [0, 0.05) is 25.2 Å². The number of benzene rings is 2. The molecular formula is C19H22N2O. The number of anilines is 1. The molecule has 1 aliphatic rings. The largest absolute Gasteiger partial charge is 0.496 e. The van der Waals surface area contributed by atoms with Crippen LogP contribution in [0.4, 0.5) is 5.69 Å². The normalized spacial score (nSPS) is 16.5. The summed E-state index contributed by atoms with van der Waals surface area (Å²) in [4.78, 5) is 2.26. The summed E-state index contributed by atoms with van der Waals surface area (Å²) in [6.45, 7) is 2.04. The first kappa shape index (κ1) is 14.5. The Balaban J connectivity index is 1.99. The second kappa shape index (κ2) is 5.76. The lowest BCUT2D eigenvalue weighted by Gasteiger charge is -2.32. The Kier molecular flexibility index (Phi) is 3.80. The predicted molar refractivity (Wildman–Crippen MR) is 91.8 cm³/mol. The van der Waals surface area contributed by atoms with Crippen LogP contribution < -0.4 is 10.5 Å². The molecule has 3 rings (SSSR count). The number of ether oxygens (including phenoxy) is 1. The zero-order valence-corrected chi connectivity index (χ0v) is 13.3. The molecule has 114 valence electrons. The second-order valence-electron chi connectivity index (χ2n) is 5.85. The van der Waals surface area contributed by atoms with Crippen LogP contribution in [0, 0.1) is 6.92 Å². The molecule has 1 heterocycles. The van der Waals surface area contributed by atoms with Gasteiger partial charge in [-0.05, 0) is 41.5 Å². The predicted octanol–water partition coefficient (Wildman–Crippen LogP) is 3.79. The van der Waals surface area contributed by atoms with Crippen molar-refractivity contribution in [3.63, 3.8) is 0 Å². The monoisotopic (exact) mass is 294 g/mol. The lowest BCUT2D eigenvalue weighted by molar-refractivity contribution is 0.326. The summed E-state index contributed by atoms with van der Waals surface area (Å²) in [6.07, 6.45) is 5.20. The maximum atomic E-state index is 6.00. The van der Waals surface area contributed by atoms with Gasteiger partial charge < -0.3 is 15.4 Å². The Morgan fingerprint density at radius 2 is 2.00 bits per heavy atom. The molecule has 0 bridgehead atoms. The van der Waals surface area contributed by atoms with E-state index < -0.39 is 0 Å². The van der Waals surface area contributed by atoms with E-state index in [-0.39, 0.29) is 0 Å². The van der Waals surface area contributed by atoms with Crippen LogP contribution in [-0.2, 0) is 6.42 Å². The van der Waals surface area contributed by atoms with Crippen molar-refractivity contribution in [2.24, 2.45) is 0 Å². The first-order valence-electron chi connectivity index (χ1n) is 7.52. The van der Waals surface area contributed by atoms with E-state index in [1.165, 1.54) is 16.7 Å². The van der Waals surface area contributed by atoms with Crippen LogP contribution >= 0.6 is 0 Å². The van der Waals surface area contributed by atoms with Crippen LogP contribution in [0.2, 0.25) is 0 Å². The molecule has 1 unspecified atom stereocenters. The highest BCUT2D eigenvalue weighted by atomic mass is 16.5. The van der Waals surface area contributed by atoms with Crippen molar-refractivity contribution >= 4 is 11.8 Å². The number of aryl methyl sites for hydroxylation is 1. The number of nitrogens with two attached hydrogens (primary N) is 1. The summed E-state index contributed by atoms with van der Waals surface area (Å²) in [5.74, 6) is 0.864. The molecule has 0 saturated carbocycles. The van der Waals surface area contributed by atoms with Crippen LogP contribution in [0.5, 0.6) is 5.75 Å². The Bertz CT molecular complexity index is 721. The van der Waals surface area contributed by atoms with Crippen LogP contribution in [0.3, 0.4) is 0 Å². The molecule has 0 saturated heterocycles. The number of nitrogen functional groups attached to an aromatic ring is 1. The minimum absolute atomic E-state index is 0.304. The van der Waals surface area contributed by atoms with Crippen molar-refractivity contribution in [1.82, 2.24) is 4.90 Å². The van der Waals surface area contributed by atoms with Crippen LogP contribution in [0.25, 0.3) is 6.08 Å². The SMILES string of the molecule is COc1cc(N)c(C)cc1CC1c2ccccc2C=CN1C. The molecule has 1 aliphatic heterocycles. The lowest BCUT2D eigenvalue weighted by atomic mass is 9.91. The first-order valence-corrected chi connectivity index (χ1v) is 7.52. The van der Waals surface area contributed by atoms with Gasteiger partial charge in [0.05, 0.1) is 13.2 Å². The molecule has 3 heteroatoms. The van der Waals surface area contributed by atoms with Crippen molar-refractivity contribution < 1.29 is 4.74 Å². The van der Waals surface area contributed by atoms with Crippen molar-refractivity contribution in [3.05, 3.63) is 64.9 Å². The van der Waals surface area contributed by atoms with E-state index in [1.54, 1.807) is 7.11 Å². The van der Waals surface area contributed by atoms with Gasteiger partial charge in [0.1, 0.15) is 5.75 Å². The second-order valence-corrected chi connectivity index (χ2v) is 5.85. The maximum absolute atomic E-state index is 6.00. The van der Waals surface area contributed by atoms with E-state index in [2.05, 4.69) is 54.6 Å². The molecular weight excluding hydrogens is 272 g/mol. The maximum Gasteiger partial charge on any atom is 0.124 e. The number of nitrogens with zero attached hydrogens (tertiary/aromatic N) is 1. The fourth-order valence-electron chi connectivity index (χ4n) is 3.06. The van der Waals surface area contributed by atoms with E-state index in [4.69, 9.17) is 10.5 Å². The lowest BCUT2D eigenvalue weighted by Crippen LogP contribution is -2.24. The highest BCUT2D eigenvalue weighted by Gasteiger charge is 2.22. The minimum Gasteiger partial charge on any atom is -0.496 e. The van der Waals surface area contributed by atoms with Gasteiger partial charge in [-0.15, -0.1) is 0 Å². The van der Waals surface area contributed by atoms with Gasteiger partial charge in [-0.1, -0.05) is 30.3 Å². The molecule has 0 aliphatic carbocycles. The Morgan fingerprint density at radius 1 is 1.23 bits per heavy atom. The average molecular weight is 294 g/mol. The Hall–Kier alpha value is -2.42. The molecule has 2 N–H and O–H groups in total. The van der Waals surface area contributed by atoms with Gasteiger partial charge in [-0.3, -0.25) is 0 Å². The summed E-state index contributed by atoms with van der Waals surface area (Å²) in [6, 6.07) is 12.9. The number of fused-ring (bicyclic) bond motifs is 1. The van der Waals surface area contributed by atoms with Crippen LogP contribution in [0.1, 0.15) is 28.3 Å². The summed E-state index contributed by atoms with van der Waals surface area (Å²) in [5, 5.41) is 0. The average Bonchev–Trinajstić information content (AvgIpc) is 2.53. The fraction of sp³-hybridized carbons (Fsp3) is 0.263. The molecule has 0 fully saturated rings. The summed E-state index contributed by atoms with van der Waals surface area (Å²) >= 11 is 0. The zero-order valence-electron chi connectivity index (χ0n) is 13.3. The quantitative estimate of drug-likeness (QED) is 0.875. The topological polar surface area (TPSA) is 38.5 Å². The molecule has 22 heavy (non-hydrogen) atoms. The van der Waals surface area contributed by atoms with Gasteiger partial charge >= 0.3 is 0 Å². The third kappa shape index (κ3) is 2.54. The molecule has 0 aromatic heterocycles. The smallest absolute Gasteiger partial charge is 0.124 e. The van der Waals surface area contributed by atoms with Gasteiger partial charge in [-0.25, -0.2) is 0 Å². The summed E-state index contributed by atoms with van der Waals surface area (Å²) in [7, 11) is 3.82. The third-order valence-corrected chi connectivity index (χ3v) is 4.42. The van der Waals surface area contributed by atoms with E-state index >= 15 is 0 Å². The summed E-state index contributed by atoms with van der Waals surface area (Å²) < 4.78 is 5.53. The van der Waals surface area contributed by atoms with E-state index in [0.717, 1.165) is 23.4 Å². The van der Waals surface area contributed by atoms with Crippen LogP contribution in [0.15, 0.2) is 42.6 Å². The van der Waals surface area contributed by atoms with E-state index in [0.29, 0.717) is 6.04 Å². The molecule has 2 aromatic rings. The molecule has 0 amide bonds. The Morgan fingerprint density at radius 3 is 2.77 bits per heavy atom. The van der Waals surface area contributed by atoms with Gasteiger partial charge in [0.25, 0.3) is 0 Å². The van der Waals surface area contributed by atoms with Gasteiger partial charge in [0.15, 0.2) is 0 Å². The molecule has 1 atom stereocenters. The number of methoxy groups -OCH3 is 1. The number of likely N-dealkylation sites (N-methyl/N-ethyl adjacent to an activating group) is 1. The van der Waals surface area contributed by atoms with Crippen molar-refractivity contribution in [3.8, 4) is 5.75 Å². The van der Waals surface area contributed by atoms with Crippen molar-refractivity contribution in [2.45, 2.75) is 19.4 Å². The Labute approximate surface area is 132 Å². The number of hydrogen-bond donors (Lipinski definition) is 1. The number of rotatable bonds is 3. The number of hydrogen-bond acceptors (Lipinski definition) is 3. The third-order valence-electron chi connectivity index (χ3n) is 4.42. The minimum atomic E-state index is 0.304. The molecule has 2 aromatic carbocycles. The highest BCUT2D eigenvalue weighted by molar-refractivity contribution is 5.58. The highest BCUT2D eigenvalue weighted by Crippen LogP contribution is 2.35. The summed E-state index contributed by atoms with van der Waals surface area (Å²) in [5.41, 5.74) is 11.7. The molecule has 3 nitrogen and oxygen atoms in total. The van der Waals surface area contributed by atoms with Gasteiger partial charge in [-0.2, -0.15) is 0 Å². The van der Waals surface area contributed by atoms with E-state index in [1.807, 2.05) is 13.0 Å². The zero-order chi connectivity index (χ0) is 15.7. The van der Waals surface area contributed by atoms with Crippen molar-refractivity contribution in [1.29, 1.82) is 0 Å². The standard InChI is InChI=1S/C19H22N2O/c1-13-10-15(19(22-3)12-17(13)20)11-18-16-7-5-4-6-14(16)8-9-21(18)2/h4-10,12,18H,11,20H2,1-3H3. The van der Waals surface area contributed by atoms with Crippen molar-refractivity contribution in [2.75, 3.05) is 19.9 Å². The molecule has 0 spiro atoms. The van der Waals surface area contributed by atoms with E-state index in [9.17, 15) is 0 Å². The molecule has 0 radical (unpaired) electrons. The van der Waals surface area contributed by atoms with Crippen LogP contribution in [-0.4, -0.2) is 19.1 Å². The fourth-order valence-corrected chi connectivity index (χ4v) is 3.06.